The Labute approximate surface area is 246 Å². The number of phenolic OH excluding ortho intramolecular Hbond substituents is 1. The van der Waals surface area contributed by atoms with Crippen LogP contribution in [0.3, 0.4) is 0 Å². The average Bonchev–Trinajstić information content (AvgIpc) is 3.22. The number of nitrogens with two attached hydrogens (primary N) is 1. The number of amides is 2. The maximum Gasteiger partial charge on any atom is 0.320 e. The van der Waals surface area contributed by atoms with E-state index in [1.807, 2.05) is 24.3 Å². The number of benzene rings is 2. The third-order valence-electron chi connectivity index (χ3n) is 6.55. The molecular weight excluding hydrogens is 534 g/mol. The van der Waals surface area contributed by atoms with Gasteiger partial charge in [-0.25, -0.2) is 9.48 Å². The highest BCUT2D eigenvalue weighted by atomic mass is 32.2. The van der Waals surface area contributed by atoms with Gasteiger partial charge in [-0.3, -0.25) is 5.32 Å². The summed E-state index contributed by atoms with van der Waals surface area (Å²) < 4.78 is 1.68. The van der Waals surface area contributed by atoms with Gasteiger partial charge in [0.25, 0.3) is 0 Å². The highest BCUT2D eigenvalue weighted by molar-refractivity contribution is 8.03. The smallest absolute Gasteiger partial charge is 0.320 e. The van der Waals surface area contributed by atoms with Crippen LogP contribution >= 0.6 is 11.8 Å². The minimum absolute atomic E-state index is 0.165. The van der Waals surface area contributed by atoms with Crippen molar-refractivity contribution in [2.24, 2.45) is 16.9 Å². The van der Waals surface area contributed by atoms with Crippen molar-refractivity contribution in [3.63, 3.8) is 0 Å². The number of urea groups is 1. The van der Waals surface area contributed by atoms with Crippen LogP contribution in [0.4, 0.5) is 10.6 Å². The van der Waals surface area contributed by atoms with Crippen molar-refractivity contribution >= 4 is 29.4 Å². The molecule has 1 aliphatic rings. The lowest BCUT2D eigenvalue weighted by molar-refractivity contribution is 0.251. The van der Waals surface area contributed by atoms with E-state index >= 15 is 0 Å². The van der Waals surface area contributed by atoms with Crippen molar-refractivity contribution in [1.29, 1.82) is 0 Å². The number of hydrogen-bond donors (Lipinski definition) is 4. The van der Waals surface area contributed by atoms with Gasteiger partial charge in [0.15, 0.2) is 0 Å². The molecule has 0 spiro atoms. The molecule has 0 saturated carbocycles. The first kappa shape index (κ1) is 29.8. The van der Waals surface area contributed by atoms with Crippen molar-refractivity contribution in [3.8, 4) is 11.4 Å². The van der Waals surface area contributed by atoms with Crippen LogP contribution in [0.1, 0.15) is 45.9 Å². The van der Waals surface area contributed by atoms with Gasteiger partial charge < -0.3 is 21.2 Å². The SMILES string of the molecule is CC(C)/C(=N/N)N1CC=CC(Sc2ccccc2CNC(=O)Nc2cc(C(C)(C)C)nn2-c2ccc(O)cc2)=CC1. The molecule has 9 nitrogen and oxygen atoms in total. The molecule has 216 valence electrons. The predicted octanol–water partition coefficient (Wildman–Crippen LogP) is 5.97. The molecule has 5 N–H and O–H groups in total. The van der Waals surface area contributed by atoms with Crippen molar-refractivity contribution in [2.45, 2.75) is 51.5 Å². The number of phenols is 1. The first-order chi connectivity index (χ1) is 19.5. The number of carbonyl (C=O) groups excluding carboxylic acids is 1. The fourth-order valence-corrected chi connectivity index (χ4v) is 5.33. The molecule has 1 aromatic heterocycles. The summed E-state index contributed by atoms with van der Waals surface area (Å²) in [7, 11) is 0. The fraction of sp³-hybridized carbons (Fsp3) is 0.323. The maximum atomic E-state index is 13.1. The van der Waals surface area contributed by atoms with E-state index in [9.17, 15) is 9.90 Å². The Bertz CT molecular complexity index is 1450. The Morgan fingerprint density at radius 2 is 1.88 bits per heavy atom. The van der Waals surface area contributed by atoms with Gasteiger partial charge in [0, 0.05) is 46.8 Å². The van der Waals surface area contributed by atoms with Crippen LogP contribution in [0, 0.1) is 5.92 Å². The number of hydrazone groups is 1. The molecule has 41 heavy (non-hydrogen) atoms. The van der Waals surface area contributed by atoms with Crippen LogP contribution in [0.15, 0.2) is 87.7 Å². The van der Waals surface area contributed by atoms with Gasteiger partial charge in [-0.15, -0.1) is 0 Å². The van der Waals surface area contributed by atoms with Gasteiger partial charge in [-0.05, 0) is 35.9 Å². The number of nitrogens with zero attached hydrogens (tertiary/aromatic N) is 4. The van der Waals surface area contributed by atoms with E-state index in [2.05, 4.69) is 79.5 Å². The second-order valence-electron chi connectivity index (χ2n) is 11.2. The van der Waals surface area contributed by atoms with E-state index in [-0.39, 0.29) is 23.1 Å². The number of nitrogens with one attached hydrogen (secondary N) is 2. The van der Waals surface area contributed by atoms with Crippen LogP contribution < -0.4 is 16.5 Å². The molecule has 3 aromatic rings. The molecule has 0 saturated heterocycles. The Morgan fingerprint density at radius 3 is 2.56 bits per heavy atom. The van der Waals surface area contributed by atoms with Crippen molar-refractivity contribution in [2.75, 3.05) is 18.4 Å². The van der Waals surface area contributed by atoms with Crippen LogP contribution in [-0.4, -0.2) is 44.7 Å². The van der Waals surface area contributed by atoms with E-state index in [1.54, 1.807) is 40.7 Å². The zero-order valence-electron chi connectivity index (χ0n) is 24.3. The summed E-state index contributed by atoms with van der Waals surface area (Å²) in [6.07, 6.45) is 6.42. The molecule has 0 bridgehead atoms. The standard InChI is InChI=1S/C31H39N7O2S/c1-21(2)29(35-32)37-17-8-10-25(16-18-37)41-26-11-7-6-9-22(26)20-33-30(40)34-28-19-27(31(3,4)5)36-38(28)23-12-14-24(39)15-13-23/h6-16,19,21,39H,17-18,20,32H2,1-5H3,(H2,33,34,40)/b35-29-. The fourth-order valence-electron chi connectivity index (χ4n) is 4.34. The summed E-state index contributed by atoms with van der Waals surface area (Å²) in [5, 5.41) is 24.4. The lowest BCUT2D eigenvalue weighted by Gasteiger charge is -2.24. The molecule has 2 aromatic carbocycles. The molecule has 0 fully saturated rings. The van der Waals surface area contributed by atoms with Crippen LogP contribution in [-0.2, 0) is 12.0 Å². The molecule has 10 heteroatoms. The number of aromatic nitrogens is 2. The number of rotatable bonds is 7. The Kier molecular flexibility index (Phi) is 9.44. The number of carbonyl (C=O) groups is 1. The van der Waals surface area contributed by atoms with Crippen LogP contribution in [0.2, 0.25) is 0 Å². The van der Waals surface area contributed by atoms with Crippen LogP contribution in [0.5, 0.6) is 5.75 Å². The number of hydrogen-bond acceptors (Lipinski definition) is 6. The van der Waals surface area contributed by atoms with E-state index in [0.29, 0.717) is 12.4 Å². The Hall–Kier alpha value is -4.18. The zero-order valence-corrected chi connectivity index (χ0v) is 25.1. The largest absolute Gasteiger partial charge is 0.508 e. The maximum absolute atomic E-state index is 13.1. The summed E-state index contributed by atoms with van der Waals surface area (Å²) in [5.41, 5.74) is 2.37. The molecule has 0 unspecified atom stereocenters. The second-order valence-corrected chi connectivity index (χ2v) is 12.3. The second kappa shape index (κ2) is 13.0. The Balaban J connectivity index is 1.45. The summed E-state index contributed by atoms with van der Waals surface area (Å²) in [6, 6.07) is 16.3. The third kappa shape index (κ3) is 7.73. The van der Waals surface area contributed by atoms with Crippen LogP contribution in [0.25, 0.3) is 5.69 Å². The molecule has 2 heterocycles. The lowest BCUT2D eigenvalue weighted by Crippen LogP contribution is -2.35. The first-order valence-corrected chi connectivity index (χ1v) is 14.5. The van der Waals surface area contributed by atoms with Gasteiger partial charge in [-0.1, -0.05) is 82.8 Å². The zero-order chi connectivity index (χ0) is 29.6. The van der Waals surface area contributed by atoms with E-state index in [0.717, 1.165) is 45.7 Å². The number of thioether (sulfide) groups is 1. The summed E-state index contributed by atoms with van der Waals surface area (Å²) >= 11 is 1.67. The summed E-state index contributed by atoms with van der Waals surface area (Å²) in [6.45, 7) is 12.2. The molecule has 4 rings (SSSR count). The molecule has 0 radical (unpaired) electrons. The van der Waals surface area contributed by atoms with E-state index in [4.69, 9.17) is 10.9 Å². The number of allylic oxidation sites excluding steroid dienone is 1. The minimum atomic E-state index is -0.336. The number of anilines is 1. The molecule has 0 aliphatic carbocycles. The van der Waals surface area contributed by atoms with Gasteiger partial charge in [-0.2, -0.15) is 10.2 Å². The quantitative estimate of drug-likeness (QED) is 0.120. The summed E-state index contributed by atoms with van der Waals surface area (Å²) in [4.78, 5) is 17.4. The molecular formula is C31H39N7O2S. The number of aromatic hydroxyl groups is 1. The monoisotopic (exact) mass is 573 g/mol. The highest BCUT2D eigenvalue weighted by Gasteiger charge is 2.22. The summed E-state index contributed by atoms with van der Waals surface area (Å²) in [5.74, 6) is 7.48. The normalized spacial score (nSPS) is 14.1. The first-order valence-electron chi connectivity index (χ1n) is 13.6. The lowest BCUT2D eigenvalue weighted by atomic mass is 9.92. The van der Waals surface area contributed by atoms with E-state index in [1.165, 1.54) is 0 Å². The highest BCUT2D eigenvalue weighted by Crippen LogP contribution is 2.32. The average molecular weight is 574 g/mol. The van der Waals surface area contributed by atoms with Gasteiger partial charge in [0.05, 0.1) is 11.4 Å². The predicted molar refractivity (Wildman–Crippen MR) is 167 cm³/mol. The van der Waals surface area contributed by atoms with Gasteiger partial charge >= 0.3 is 6.03 Å². The third-order valence-corrected chi connectivity index (χ3v) is 7.70. The van der Waals surface area contributed by atoms with Gasteiger partial charge in [0.2, 0.25) is 0 Å². The van der Waals surface area contributed by atoms with Gasteiger partial charge in [0.1, 0.15) is 17.4 Å². The van der Waals surface area contributed by atoms with E-state index < -0.39 is 0 Å². The topological polar surface area (TPSA) is 121 Å². The molecule has 1 aliphatic heterocycles. The van der Waals surface area contributed by atoms with Crippen molar-refractivity contribution in [1.82, 2.24) is 20.0 Å². The number of amidine groups is 1. The van der Waals surface area contributed by atoms with Crippen molar-refractivity contribution in [3.05, 3.63) is 89.0 Å². The minimum Gasteiger partial charge on any atom is -0.508 e. The molecule has 2 amide bonds. The molecule has 0 atom stereocenters. The van der Waals surface area contributed by atoms with Crippen molar-refractivity contribution < 1.29 is 9.90 Å². The Morgan fingerprint density at radius 1 is 1.15 bits per heavy atom.